The van der Waals surface area contributed by atoms with Gasteiger partial charge in [0.2, 0.25) is 0 Å². The van der Waals surface area contributed by atoms with Crippen molar-refractivity contribution in [3.8, 4) is 11.5 Å². The van der Waals surface area contributed by atoms with Crippen LogP contribution in [0.4, 0.5) is 0 Å². The van der Waals surface area contributed by atoms with Crippen molar-refractivity contribution < 1.29 is 14.6 Å². The highest BCUT2D eigenvalue weighted by atomic mass is 79.9. The third-order valence-electron chi connectivity index (χ3n) is 3.06. The van der Waals surface area contributed by atoms with Gasteiger partial charge in [-0.15, -0.1) is 0 Å². The number of aliphatic hydroxyl groups excluding tert-OH is 1. The molecule has 2 rings (SSSR count). The molecule has 0 radical (unpaired) electrons. The van der Waals surface area contributed by atoms with E-state index < -0.39 is 6.10 Å². The summed E-state index contributed by atoms with van der Waals surface area (Å²) < 4.78 is 11.2. The molecular weight excluding hydrogens is 379 g/mol. The summed E-state index contributed by atoms with van der Waals surface area (Å²) in [5, 5.41) is 11.3. The van der Waals surface area contributed by atoms with E-state index in [-0.39, 0.29) is 0 Å². The molecule has 1 atom stereocenters. The van der Waals surface area contributed by atoms with Gasteiger partial charge in [-0.2, -0.15) is 0 Å². The number of methoxy groups -OCH3 is 2. The molecule has 1 N–H and O–H groups in total. The lowest BCUT2D eigenvalue weighted by Gasteiger charge is -2.18. The summed E-state index contributed by atoms with van der Waals surface area (Å²) in [6, 6.07) is 8.53. The number of rotatable bonds is 4. The van der Waals surface area contributed by atoms with Gasteiger partial charge in [0.1, 0.15) is 17.6 Å². The Balaban J connectivity index is 2.50. The van der Waals surface area contributed by atoms with Crippen LogP contribution in [0.2, 0.25) is 10.0 Å². The molecule has 6 heteroatoms. The van der Waals surface area contributed by atoms with Crippen molar-refractivity contribution in [3.63, 3.8) is 0 Å². The second-order valence-corrected chi connectivity index (χ2v) is 6.03. The molecule has 1 unspecified atom stereocenters. The Morgan fingerprint density at radius 1 is 0.952 bits per heavy atom. The van der Waals surface area contributed by atoms with Crippen molar-refractivity contribution in [2.75, 3.05) is 14.2 Å². The second-order valence-electron chi connectivity index (χ2n) is 4.30. The average molecular weight is 392 g/mol. The maximum Gasteiger partial charge on any atom is 0.138 e. The van der Waals surface area contributed by atoms with Crippen LogP contribution < -0.4 is 9.47 Å². The summed E-state index contributed by atoms with van der Waals surface area (Å²) >= 11 is 15.7. The van der Waals surface area contributed by atoms with E-state index in [1.165, 1.54) is 7.11 Å². The van der Waals surface area contributed by atoms with Gasteiger partial charge in [0.15, 0.2) is 0 Å². The van der Waals surface area contributed by atoms with Crippen LogP contribution in [0.5, 0.6) is 11.5 Å². The fourth-order valence-corrected chi connectivity index (χ4v) is 2.83. The minimum absolute atomic E-state index is 0.369. The van der Waals surface area contributed by atoms with Gasteiger partial charge in [-0.3, -0.25) is 0 Å². The number of benzene rings is 2. The minimum atomic E-state index is -0.955. The van der Waals surface area contributed by atoms with Gasteiger partial charge >= 0.3 is 0 Å². The van der Waals surface area contributed by atoms with Gasteiger partial charge < -0.3 is 14.6 Å². The van der Waals surface area contributed by atoms with E-state index >= 15 is 0 Å². The van der Waals surface area contributed by atoms with Crippen molar-refractivity contribution in [1.29, 1.82) is 0 Å². The predicted octanol–water partition coefficient (Wildman–Crippen LogP) is 4.85. The first-order chi connectivity index (χ1) is 9.97. The highest BCUT2D eigenvalue weighted by Gasteiger charge is 2.20. The van der Waals surface area contributed by atoms with Crippen LogP contribution >= 0.6 is 39.1 Å². The van der Waals surface area contributed by atoms with Crippen molar-refractivity contribution in [3.05, 3.63) is 56.0 Å². The number of aliphatic hydroxyl groups is 1. The Kier molecular flexibility index (Phi) is 5.38. The van der Waals surface area contributed by atoms with Crippen molar-refractivity contribution in [1.82, 2.24) is 0 Å². The first-order valence-corrected chi connectivity index (χ1v) is 7.57. The van der Waals surface area contributed by atoms with Crippen LogP contribution in [0.15, 0.2) is 34.8 Å². The van der Waals surface area contributed by atoms with Gasteiger partial charge in [-0.25, -0.2) is 0 Å². The van der Waals surface area contributed by atoms with Gasteiger partial charge in [-0.05, 0) is 18.2 Å². The van der Waals surface area contributed by atoms with Crippen LogP contribution in [-0.2, 0) is 0 Å². The van der Waals surface area contributed by atoms with Crippen LogP contribution in [0.3, 0.4) is 0 Å². The lowest BCUT2D eigenvalue weighted by molar-refractivity contribution is 0.214. The van der Waals surface area contributed by atoms with Gasteiger partial charge in [0.25, 0.3) is 0 Å². The zero-order valence-corrected chi connectivity index (χ0v) is 14.5. The Bertz CT molecular complexity index is 662. The topological polar surface area (TPSA) is 38.7 Å². The van der Waals surface area contributed by atoms with E-state index in [1.54, 1.807) is 31.4 Å². The Morgan fingerprint density at radius 3 is 2.24 bits per heavy atom. The van der Waals surface area contributed by atoms with E-state index in [4.69, 9.17) is 32.7 Å². The van der Waals surface area contributed by atoms with Gasteiger partial charge in [0, 0.05) is 21.7 Å². The molecule has 0 aliphatic rings. The van der Waals surface area contributed by atoms with Gasteiger partial charge in [0.05, 0.1) is 24.3 Å². The molecule has 2 aromatic rings. The standard InChI is InChI=1S/C15H13BrCl2O3/c1-20-13-5-8(16)3-4-9(13)15(19)10-6-12(18)14(21-2)7-11(10)17/h3-7,15,19H,1-2H3. The molecule has 0 aliphatic carbocycles. The second kappa shape index (κ2) is 6.88. The lowest BCUT2D eigenvalue weighted by atomic mass is 10.0. The third-order valence-corrected chi connectivity index (χ3v) is 4.17. The number of ether oxygens (including phenoxy) is 2. The Labute approximate surface area is 141 Å². The van der Waals surface area contributed by atoms with E-state index in [9.17, 15) is 5.11 Å². The van der Waals surface area contributed by atoms with Crippen LogP contribution in [0.1, 0.15) is 17.2 Å². The predicted molar refractivity (Wildman–Crippen MR) is 87.8 cm³/mol. The number of hydrogen-bond donors (Lipinski definition) is 1. The van der Waals surface area contributed by atoms with Gasteiger partial charge in [-0.1, -0.05) is 45.2 Å². The lowest BCUT2D eigenvalue weighted by Crippen LogP contribution is -2.04. The number of hydrogen-bond acceptors (Lipinski definition) is 3. The molecule has 0 aromatic heterocycles. The molecule has 0 amide bonds. The third kappa shape index (κ3) is 3.46. The summed E-state index contributed by atoms with van der Waals surface area (Å²) in [5.41, 5.74) is 1.09. The maximum absolute atomic E-state index is 10.6. The largest absolute Gasteiger partial charge is 0.496 e. The molecule has 3 nitrogen and oxygen atoms in total. The summed E-state index contributed by atoms with van der Waals surface area (Å²) in [6.07, 6.45) is -0.955. The molecule has 112 valence electrons. The molecule has 2 aromatic carbocycles. The SMILES string of the molecule is COc1cc(Cl)c(C(O)c2ccc(Br)cc2OC)cc1Cl. The summed E-state index contributed by atoms with van der Waals surface area (Å²) in [7, 11) is 3.05. The maximum atomic E-state index is 10.6. The highest BCUT2D eigenvalue weighted by molar-refractivity contribution is 9.10. The molecule has 0 aliphatic heterocycles. The van der Waals surface area contributed by atoms with Crippen molar-refractivity contribution in [2.24, 2.45) is 0 Å². The first kappa shape index (κ1) is 16.4. The van der Waals surface area contributed by atoms with Crippen molar-refractivity contribution in [2.45, 2.75) is 6.10 Å². The smallest absolute Gasteiger partial charge is 0.138 e. The molecule has 0 heterocycles. The quantitative estimate of drug-likeness (QED) is 0.809. The fourth-order valence-electron chi connectivity index (χ4n) is 1.99. The molecule has 0 spiro atoms. The molecule has 0 saturated heterocycles. The normalized spacial score (nSPS) is 12.1. The van der Waals surface area contributed by atoms with Crippen LogP contribution in [0, 0.1) is 0 Å². The number of halogens is 3. The van der Waals surface area contributed by atoms with E-state index in [0.29, 0.717) is 32.7 Å². The Morgan fingerprint density at radius 2 is 1.62 bits per heavy atom. The first-order valence-electron chi connectivity index (χ1n) is 6.02. The highest BCUT2D eigenvalue weighted by Crippen LogP contribution is 2.39. The van der Waals surface area contributed by atoms with Crippen LogP contribution in [0.25, 0.3) is 0 Å². The fraction of sp³-hybridized carbons (Fsp3) is 0.200. The summed E-state index contributed by atoms with van der Waals surface area (Å²) in [5.74, 6) is 1.01. The Hall–Kier alpha value is -0.940. The van der Waals surface area contributed by atoms with Crippen molar-refractivity contribution >= 4 is 39.1 Å². The molecular formula is C15H13BrCl2O3. The van der Waals surface area contributed by atoms with Crippen LogP contribution in [-0.4, -0.2) is 19.3 Å². The summed E-state index contributed by atoms with van der Waals surface area (Å²) in [6.45, 7) is 0. The zero-order valence-electron chi connectivity index (χ0n) is 11.4. The van der Waals surface area contributed by atoms with E-state index in [2.05, 4.69) is 15.9 Å². The average Bonchev–Trinajstić information content (AvgIpc) is 2.48. The molecule has 0 fully saturated rings. The van der Waals surface area contributed by atoms with E-state index in [0.717, 1.165) is 4.47 Å². The zero-order chi connectivity index (χ0) is 15.6. The van der Waals surface area contributed by atoms with E-state index in [1.807, 2.05) is 6.07 Å². The molecule has 0 saturated carbocycles. The monoisotopic (exact) mass is 390 g/mol. The minimum Gasteiger partial charge on any atom is -0.496 e. The molecule has 0 bridgehead atoms. The molecule has 21 heavy (non-hydrogen) atoms. The summed E-state index contributed by atoms with van der Waals surface area (Å²) in [4.78, 5) is 0.